The van der Waals surface area contributed by atoms with E-state index in [1.54, 1.807) is 6.07 Å². The van der Waals surface area contributed by atoms with Gasteiger partial charge in [0.2, 0.25) is 0 Å². The van der Waals surface area contributed by atoms with Gasteiger partial charge in [0.05, 0.1) is 10.6 Å². The number of amides is 1. The van der Waals surface area contributed by atoms with Gasteiger partial charge in [-0.2, -0.15) is 0 Å². The second-order valence-corrected chi connectivity index (χ2v) is 11.5. The maximum Gasteiger partial charge on any atom is 0.274 e. The molecule has 4 rings (SSSR count). The fraction of sp³-hybridized carbons (Fsp3) is 0.350. The zero-order valence-corrected chi connectivity index (χ0v) is 19.4. The van der Waals surface area contributed by atoms with Gasteiger partial charge in [-0.05, 0) is 48.4 Å². The summed E-state index contributed by atoms with van der Waals surface area (Å²) in [4.78, 5) is 15.7. The molecule has 1 saturated heterocycles. The molecule has 2 aliphatic rings. The van der Waals surface area contributed by atoms with Crippen molar-refractivity contribution < 1.29 is 17.6 Å². The van der Waals surface area contributed by atoms with Crippen LogP contribution >= 0.6 is 34.8 Å². The standard InChI is InChI=1S/C20H19Cl3FN3O3S/c21-20(22,23)19(28)26-10-8-25(9-11-26)16-4-5-18-14(12-16)6-7-27(18)31(29,30)17-3-1-2-15(24)13-17/h1-5,12-13H,6-11H2. The molecule has 11 heteroatoms. The summed E-state index contributed by atoms with van der Waals surface area (Å²) in [6.07, 6.45) is 0.559. The summed E-state index contributed by atoms with van der Waals surface area (Å²) in [5.74, 6) is -1.13. The topological polar surface area (TPSA) is 60.9 Å². The predicted molar refractivity (Wildman–Crippen MR) is 120 cm³/mol. The van der Waals surface area contributed by atoms with E-state index in [2.05, 4.69) is 4.90 Å². The Morgan fingerprint density at radius 3 is 2.32 bits per heavy atom. The Labute approximate surface area is 195 Å². The van der Waals surface area contributed by atoms with Crippen LogP contribution in [-0.2, 0) is 21.2 Å². The Kier molecular flexibility index (Phi) is 6.02. The molecule has 1 fully saturated rings. The lowest BCUT2D eigenvalue weighted by Gasteiger charge is -2.37. The molecule has 0 atom stereocenters. The van der Waals surface area contributed by atoms with Gasteiger partial charge >= 0.3 is 0 Å². The number of piperazine rings is 1. The minimum atomic E-state index is -3.85. The summed E-state index contributed by atoms with van der Waals surface area (Å²) >= 11 is 17.1. The van der Waals surface area contributed by atoms with Crippen LogP contribution in [0.15, 0.2) is 47.4 Å². The van der Waals surface area contributed by atoms with E-state index >= 15 is 0 Å². The van der Waals surface area contributed by atoms with Crippen LogP contribution in [0.3, 0.4) is 0 Å². The number of hydrogen-bond acceptors (Lipinski definition) is 4. The number of carbonyl (C=O) groups is 1. The van der Waals surface area contributed by atoms with E-state index in [1.807, 2.05) is 12.1 Å². The Morgan fingerprint density at radius 2 is 1.68 bits per heavy atom. The van der Waals surface area contributed by atoms with E-state index < -0.39 is 25.5 Å². The Morgan fingerprint density at radius 1 is 0.968 bits per heavy atom. The number of hydrogen-bond donors (Lipinski definition) is 0. The van der Waals surface area contributed by atoms with Crippen molar-refractivity contribution in [2.24, 2.45) is 0 Å². The first-order valence-corrected chi connectivity index (χ1v) is 12.2. The van der Waals surface area contributed by atoms with Crippen molar-refractivity contribution in [3.63, 3.8) is 0 Å². The highest BCUT2D eigenvalue weighted by molar-refractivity contribution is 7.92. The van der Waals surface area contributed by atoms with Crippen LogP contribution in [0, 0.1) is 5.82 Å². The first-order valence-electron chi connectivity index (χ1n) is 9.59. The van der Waals surface area contributed by atoms with Gasteiger partial charge in [-0.15, -0.1) is 0 Å². The molecule has 0 unspecified atom stereocenters. The third kappa shape index (κ3) is 4.44. The van der Waals surface area contributed by atoms with Crippen LogP contribution in [0.1, 0.15) is 5.56 Å². The van der Waals surface area contributed by atoms with Gasteiger partial charge in [-0.25, -0.2) is 12.8 Å². The van der Waals surface area contributed by atoms with E-state index in [-0.39, 0.29) is 4.90 Å². The Bertz CT molecular complexity index is 1120. The number of alkyl halides is 3. The number of benzene rings is 2. The lowest BCUT2D eigenvalue weighted by Crippen LogP contribution is -2.51. The summed E-state index contributed by atoms with van der Waals surface area (Å²) in [5, 5.41) is 0. The second kappa shape index (κ2) is 8.31. The van der Waals surface area contributed by atoms with Crippen LogP contribution in [-0.4, -0.2) is 55.7 Å². The van der Waals surface area contributed by atoms with Crippen molar-refractivity contribution in [1.82, 2.24) is 4.90 Å². The van der Waals surface area contributed by atoms with Gasteiger partial charge in [-0.3, -0.25) is 9.10 Å². The number of nitrogens with zero attached hydrogens (tertiary/aromatic N) is 3. The zero-order chi connectivity index (χ0) is 22.4. The van der Waals surface area contributed by atoms with Crippen LogP contribution in [0.4, 0.5) is 15.8 Å². The van der Waals surface area contributed by atoms with E-state index in [1.165, 1.54) is 27.4 Å². The van der Waals surface area contributed by atoms with Crippen molar-refractivity contribution >= 4 is 62.1 Å². The largest absolute Gasteiger partial charge is 0.368 e. The number of carbonyl (C=O) groups excluding carboxylic acids is 1. The molecule has 6 nitrogen and oxygen atoms in total. The molecule has 2 aliphatic heterocycles. The Hall–Kier alpha value is -1.74. The summed E-state index contributed by atoms with van der Waals surface area (Å²) < 4.78 is 38.9. The minimum absolute atomic E-state index is 0.0702. The highest BCUT2D eigenvalue weighted by Gasteiger charge is 2.37. The average molecular weight is 507 g/mol. The zero-order valence-electron chi connectivity index (χ0n) is 16.3. The fourth-order valence-electron chi connectivity index (χ4n) is 3.91. The van der Waals surface area contributed by atoms with Crippen molar-refractivity contribution in [3.05, 3.63) is 53.8 Å². The van der Waals surface area contributed by atoms with Crippen molar-refractivity contribution in [2.45, 2.75) is 15.1 Å². The van der Waals surface area contributed by atoms with Gasteiger partial charge in [0, 0.05) is 38.4 Å². The summed E-state index contributed by atoms with van der Waals surface area (Å²) in [6, 6.07) is 10.6. The maximum absolute atomic E-state index is 13.5. The molecule has 1 amide bonds. The molecular formula is C20H19Cl3FN3O3S. The highest BCUT2D eigenvalue weighted by Crippen LogP contribution is 2.36. The summed E-state index contributed by atoms with van der Waals surface area (Å²) in [6.45, 7) is 2.27. The lowest BCUT2D eigenvalue weighted by molar-refractivity contribution is -0.130. The van der Waals surface area contributed by atoms with Crippen LogP contribution in [0.25, 0.3) is 0 Å². The molecule has 2 aromatic carbocycles. The molecule has 0 aliphatic carbocycles. The van der Waals surface area contributed by atoms with Crippen LogP contribution in [0.5, 0.6) is 0 Å². The van der Waals surface area contributed by atoms with Gasteiger partial charge in [-0.1, -0.05) is 40.9 Å². The molecule has 0 N–H and O–H groups in total. The molecule has 0 spiro atoms. The molecule has 0 radical (unpaired) electrons. The third-order valence-corrected chi connectivity index (χ3v) is 7.77. The molecule has 0 saturated carbocycles. The van der Waals surface area contributed by atoms with Crippen LogP contribution in [0.2, 0.25) is 0 Å². The first kappa shape index (κ1) is 22.5. The minimum Gasteiger partial charge on any atom is -0.368 e. The van der Waals surface area contributed by atoms with Crippen molar-refractivity contribution in [1.29, 1.82) is 0 Å². The molecule has 0 bridgehead atoms. The first-order chi connectivity index (χ1) is 14.6. The smallest absolute Gasteiger partial charge is 0.274 e. The van der Waals surface area contributed by atoms with Crippen molar-refractivity contribution in [3.8, 4) is 0 Å². The molecule has 31 heavy (non-hydrogen) atoms. The summed E-state index contributed by atoms with van der Waals surface area (Å²) in [7, 11) is -3.85. The van der Waals surface area contributed by atoms with Gasteiger partial charge < -0.3 is 9.80 Å². The Balaban J connectivity index is 1.50. The van der Waals surface area contributed by atoms with Gasteiger partial charge in [0.1, 0.15) is 5.82 Å². The van der Waals surface area contributed by atoms with E-state index in [9.17, 15) is 17.6 Å². The number of sulfonamides is 1. The van der Waals surface area contributed by atoms with E-state index in [0.717, 1.165) is 17.3 Å². The molecule has 166 valence electrons. The molecule has 0 aromatic heterocycles. The maximum atomic E-state index is 13.5. The predicted octanol–water partition coefficient (Wildman–Crippen LogP) is 3.60. The quantitative estimate of drug-likeness (QED) is 0.597. The molecular weight excluding hydrogens is 488 g/mol. The fourth-order valence-corrected chi connectivity index (χ4v) is 5.80. The van der Waals surface area contributed by atoms with E-state index in [0.29, 0.717) is 44.8 Å². The van der Waals surface area contributed by atoms with Gasteiger partial charge in [0.15, 0.2) is 0 Å². The number of fused-ring (bicyclic) bond motifs is 1. The lowest BCUT2D eigenvalue weighted by atomic mass is 10.1. The summed E-state index contributed by atoms with van der Waals surface area (Å²) in [5.41, 5.74) is 2.43. The number of rotatable bonds is 3. The molecule has 2 aromatic rings. The third-order valence-electron chi connectivity index (χ3n) is 5.47. The van der Waals surface area contributed by atoms with Crippen molar-refractivity contribution in [2.75, 3.05) is 41.9 Å². The number of halogens is 4. The number of anilines is 2. The monoisotopic (exact) mass is 505 g/mol. The SMILES string of the molecule is O=C(N1CCN(c2ccc3c(c2)CCN3S(=O)(=O)c2cccc(F)c2)CC1)C(Cl)(Cl)Cl. The van der Waals surface area contributed by atoms with Gasteiger partial charge in [0.25, 0.3) is 19.7 Å². The highest BCUT2D eigenvalue weighted by atomic mass is 35.6. The second-order valence-electron chi connectivity index (χ2n) is 7.37. The average Bonchev–Trinajstić information content (AvgIpc) is 3.17. The van der Waals surface area contributed by atoms with E-state index in [4.69, 9.17) is 34.8 Å². The normalized spacial score (nSPS) is 17.1. The van der Waals surface area contributed by atoms with Crippen LogP contribution < -0.4 is 9.21 Å². The molecule has 2 heterocycles.